The maximum absolute atomic E-state index is 10.7. The van der Waals surface area contributed by atoms with E-state index in [4.69, 9.17) is 47.7 Å². The molecule has 384 valence electrons. The van der Waals surface area contributed by atoms with Gasteiger partial charge in [-0.2, -0.15) is 35.3 Å². The van der Waals surface area contributed by atoms with Crippen LogP contribution in [0.5, 0.6) is 0 Å². The first-order chi connectivity index (χ1) is 31.6. The van der Waals surface area contributed by atoms with Crippen LogP contribution in [-0.2, 0) is 42.6 Å². The average Bonchev–Trinajstić information content (AvgIpc) is 3.34. The van der Waals surface area contributed by atoms with Gasteiger partial charge in [0, 0.05) is 0 Å². The minimum absolute atomic E-state index is 0.0425. The molecule has 24 nitrogen and oxygen atoms in total. The highest BCUT2D eigenvalue weighted by Crippen LogP contribution is 2.34. The second kappa shape index (κ2) is 28.0. The van der Waals surface area contributed by atoms with Gasteiger partial charge >= 0.3 is 0 Å². The van der Waals surface area contributed by atoms with E-state index in [-0.39, 0.29) is 35.6 Å². The molecule has 0 bridgehead atoms. The number of aliphatic hydroxyl groups excluding tert-OH is 15. The van der Waals surface area contributed by atoms with Crippen LogP contribution in [0, 0.1) is 0 Å². The summed E-state index contributed by atoms with van der Waals surface area (Å²) in [6.07, 6.45) is -10.6. The fourth-order valence-electron chi connectivity index (χ4n) is 7.45. The third-order valence-corrected chi connectivity index (χ3v) is 14.3. The van der Waals surface area contributed by atoms with E-state index >= 15 is 0 Å². The topological polar surface area (TPSA) is 387 Å². The molecule has 3 saturated heterocycles. The lowest BCUT2D eigenvalue weighted by atomic mass is 9.97. The molecule has 0 aromatic heterocycles. The molecule has 6 aliphatic heterocycles. The Kier molecular flexibility index (Phi) is 24.4. The van der Waals surface area contributed by atoms with Gasteiger partial charge in [0.25, 0.3) is 0 Å². The Labute approximate surface area is 393 Å². The fraction of sp³-hybridized carbons (Fsp3) is 0.846. The molecule has 0 aliphatic carbocycles. The van der Waals surface area contributed by atoms with Gasteiger partial charge in [-0.05, 0) is 37.0 Å². The Hall–Kier alpha value is -1.17. The third kappa shape index (κ3) is 14.0. The van der Waals surface area contributed by atoms with Crippen LogP contribution in [-0.4, -0.2) is 279 Å². The Bertz CT molecular complexity index is 1470. The molecular weight excluding hydrogens is 949 g/mol. The maximum Gasteiger partial charge on any atom is 0.187 e. The monoisotopic (exact) mass is 1010 g/mol. The van der Waals surface area contributed by atoms with E-state index in [1.54, 1.807) is 30.0 Å². The zero-order valence-corrected chi connectivity index (χ0v) is 38.6. The highest BCUT2D eigenvalue weighted by atomic mass is 32.2. The molecule has 0 saturated carbocycles. The summed E-state index contributed by atoms with van der Waals surface area (Å²) in [4.78, 5) is 0. The SMILES string of the molecule is CS[C@@H]1C=COC(CO)[C@@H]1O.CS[C@@H]1C=COC(CO)[C@H]1OC1OC(CO)C(O)C(O)C1O.CS[C@@H]1C=COC(CO)[C@H]1O[C@@H]1OC(CO)[C@@H](O[C@@H]2OC(CO)[C@@H](O)[C@H](O)C2O)[C@H](O)C1O. The van der Waals surface area contributed by atoms with Crippen molar-refractivity contribution < 1.29 is 119 Å². The standard InChI is InChI=1S/C19H32O13S.C13H22O8S.C7H12O3S/c1-33-10-2-3-28-8(5-21)16(10)31-19-15(27)13(25)17(9(6-22)30-19)32-18-14(26)12(24)11(23)7(4-20)29-18;1-22-8-2-3-19-7(5-15)12(8)21-13-11(18)10(17)9(16)6(4-14)20-13;1-11-6-2-3-10-5(4-8)7(6)9/h2-3,7-27H,4-6H2,1H3;2-3,6-18H,4-5H2,1H3;2-3,5-9H,4H2,1H3/t7?,8?,9?,10-,11-,12+,13-,14?,15?,16-,17-,18+,19+;6?,7?,8-,9?,10?,11?,12-,13?;5?,6-,7+/m111/s1. The van der Waals surface area contributed by atoms with Gasteiger partial charge in [-0.3, -0.25) is 0 Å². The zero-order valence-electron chi connectivity index (χ0n) is 36.2. The average molecular weight is 1020 g/mol. The normalized spacial score (nSPS) is 45.5. The summed E-state index contributed by atoms with van der Waals surface area (Å²) < 4.78 is 48.9. The second-order valence-electron chi connectivity index (χ2n) is 15.6. The number of ether oxygens (including phenoxy) is 9. The highest BCUT2D eigenvalue weighted by molar-refractivity contribution is 7.99. The molecule has 0 aromatic rings. The molecule has 0 spiro atoms. The van der Waals surface area contributed by atoms with Crippen LogP contribution in [0.2, 0.25) is 0 Å². The van der Waals surface area contributed by atoms with Crippen molar-refractivity contribution in [3.63, 3.8) is 0 Å². The summed E-state index contributed by atoms with van der Waals surface area (Å²) in [7, 11) is 0. The molecule has 15 N–H and O–H groups in total. The molecular formula is C39H66O24S3. The summed E-state index contributed by atoms with van der Waals surface area (Å²) in [5.41, 5.74) is 0. The van der Waals surface area contributed by atoms with Crippen molar-refractivity contribution in [2.24, 2.45) is 0 Å². The van der Waals surface area contributed by atoms with Crippen LogP contribution < -0.4 is 0 Å². The molecule has 6 rings (SSSR count). The largest absolute Gasteiger partial charge is 0.493 e. The summed E-state index contributed by atoms with van der Waals surface area (Å²) in [6.45, 7) is -2.68. The molecule has 0 amide bonds. The summed E-state index contributed by atoms with van der Waals surface area (Å²) >= 11 is 4.43. The Morgan fingerprint density at radius 1 is 0.348 bits per heavy atom. The number of hydrogen-bond acceptors (Lipinski definition) is 27. The first-order valence-electron chi connectivity index (χ1n) is 20.8. The van der Waals surface area contributed by atoms with E-state index in [0.29, 0.717) is 0 Å². The van der Waals surface area contributed by atoms with E-state index < -0.39 is 149 Å². The minimum atomic E-state index is -1.75. The highest BCUT2D eigenvalue weighted by Gasteiger charge is 2.52. The van der Waals surface area contributed by atoms with Gasteiger partial charge in [0.05, 0.1) is 74.2 Å². The summed E-state index contributed by atoms with van der Waals surface area (Å²) in [6, 6.07) is 0. The molecule has 66 heavy (non-hydrogen) atoms. The van der Waals surface area contributed by atoms with E-state index in [1.165, 1.54) is 42.3 Å². The molecule has 0 radical (unpaired) electrons. The minimum Gasteiger partial charge on any atom is -0.493 e. The van der Waals surface area contributed by atoms with Crippen molar-refractivity contribution in [2.45, 2.75) is 144 Å². The first kappa shape index (κ1) is 57.4. The number of rotatable bonds is 15. The van der Waals surface area contributed by atoms with Crippen LogP contribution in [0.3, 0.4) is 0 Å². The van der Waals surface area contributed by atoms with Crippen molar-refractivity contribution in [2.75, 3.05) is 58.4 Å². The predicted octanol–water partition coefficient (Wildman–Crippen LogP) is -6.58. The van der Waals surface area contributed by atoms with E-state index in [9.17, 15) is 71.5 Å². The number of hydrogen-bond donors (Lipinski definition) is 15. The summed E-state index contributed by atoms with van der Waals surface area (Å²) in [5.74, 6) is 0. The molecule has 0 aromatic carbocycles. The van der Waals surface area contributed by atoms with Gasteiger partial charge in [-0.25, -0.2) is 0 Å². The van der Waals surface area contributed by atoms with Crippen LogP contribution in [0.25, 0.3) is 0 Å². The van der Waals surface area contributed by atoms with Crippen molar-refractivity contribution in [1.29, 1.82) is 0 Å². The zero-order chi connectivity index (χ0) is 48.8. The lowest BCUT2D eigenvalue weighted by Gasteiger charge is -2.47. The lowest BCUT2D eigenvalue weighted by molar-refractivity contribution is -0.364. The van der Waals surface area contributed by atoms with Crippen molar-refractivity contribution >= 4 is 35.3 Å². The molecule has 27 heteroatoms. The Morgan fingerprint density at radius 2 is 0.667 bits per heavy atom. The molecule has 12 unspecified atom stereocenters. The molecule has 24 atom stereocenters. The first-order valence-corrected chi connectivity index (χ1v) is 24.7. The Morgan fingerprint density at radius 3 is 1.03 bits per heavy atom. The number of aliphatic hydroxyl groups is 15. The third-order valence-electron chi connectivity index (χ3n) is 11.4. The smallest absolute Gasteiger partial charge is 0.187 e. The summed E-state index contributed by atoms with van der Waals surface area (Å²) in [5, 5.41) is 146. The maximum atomic E-state index is 10.7. The van der Waals surface area contributed by atoms with Gasteiger partial charge < -0.3 is 119 Å². The Balaban J connectivity index is 0.000000246. The molecule has 6 heterocycles. The quantitative estimate of drug-likeness (QED) is 0.0725. The lowest BCUT2D eigenvalue weighted by Crippen LogP contribution is -2.65. The van der Waals surface area contributed by atoms with E-state index in [2.05, 4.69) is 0 Å². The van der Waals surface area contributed by atoms with Crippen molar-refractivity contribution in [3.8, 4) is 0 Å². The van der Waals surface area contributed by atoms with Gasteiger partial charge in [0.2, 0.25) is 0 Å². The van der Waals surface area contributed by atoms with E-state index in [1.807, 2.05) is 18.8 Å². The van der Waals surface area contributed by atoms with Gasteiger partial charge in [0.1, 0.15) is 110 Å². The predicted molar refractivity (Wildman–Crippen MR) is 231 cm³/mol. The van der Waals surface area contributed by atoms with Crippen LogP contribution in [0.15, 0.2) is 37.0 Å². The van der Waals surface area contributed by atoms with Crippen LogP contribution in [0.4, 0.5) is 0 Å². The van der Waals surface area contributed by atoms with Crippen molar-refractivity contribution in [1.82, 2.24) is 0 Å². The number of thioether (sulfide) groups is 3. The second-order valence-corrected chi connectivity index (χ2v) is 18.6. The molecule has 3 fully saturated rings. The van der Waals surface area contributed by atoms with Gasteiger partial charge in [-0.15, -0.1) is 0 Å². The van der Waals surface area contributed by atoms with E-state index in [0.717, 1.165) is 0 Å². The fourth-order valence-corrected chi connectivity index (χ4v) is 9.58. The van der Waals surface area contributed by atoms with Crippen LogP contribution >= 0.6 is 35.3 Å². The van der Waals surface area contributed by atoms with Crippen molar-refractivity contribution in [3.05, 3.63) is 37.0 Å². The van der Waals surface area contributed by atoms with Gasteiger partial charge in [0.15, 0.2) is 18.9 Å². The van der Waals surface area contributed by atoms with Crippen LogP contribution in [0.1, 0.15) is 0 Å². The molecule has 6 aliphatic rings. The van der Waals surface area contributed by atoms with Gasteiger partial charge in [-0.1, -0.05) is 0 Å².